The van der Waals surface area contributed by atoms with Crippen molar-refractivity contribution < 1.29 is 9.47 Å². The Morgan fingerprint density at radius 1 is 1.25 bits per heavy atom. The van der Waals surface area contributed by atoms with Crippen LogP contribution in [0.4, 0.5) is 5.69 Å². The molecule has 2 N–H and O–H groups in total. The zero-order chi connectivity index (χ0) is 14.7. The fourth-order valence-electron chi connectivity index (χ4n) is 3.17. The van der Waals surface area contributed by atoms with Crippen molar-refractivity contribution in [1.82, 2.24) is 0 Å². The van der Waals surface area contributed by atoms with Gasteiger partial charge in [0.05, 0.1) is 12.8 Å². The van der Waals surface area contributed by atoms with Crippen LogP contribution in [0.3, 0.4) is 0 Å². The minimum absolute atomic E-state index is 0.273. The molecule has 2 rings (SSSR count). The van der Waals surface area contributed by atoms with Gasteiger partial charge in [-0.1, -0.05) is 27.2 Å². The molecule has 3 unspecified atom stereocenters. The summed E-state index contributed by atoms with van der Waals surface area (Å²) in [5.74, 6) is 3.55. The Morgan fingerprint density at radius 2 is 2.00 bits per heavy atom. The first-order valence-corrected chi connectivity index (χ1v) is 7.61. The molecular formula is C17H27NO2. The van der Waals surface area contributed by atoms with Crippen molar-refractivity contribution in [2.75, 3.05) is 12.8 Å². The molecule has 0 bridgehead atoms. The summed E-state index contributed by atoms with van der Waals surface area (Å²) < 4.78 is 11.4. The molecule has 1 aliphatic rings. The third-order valence-corrected chi connectivity index (χ3v) is 4.46. The summed E-state index contributed by atoms with van der Waals surface area (Å²) in [4.78, 5) is 0. The molecule has 0 spiro atoms. The van der Waals surface area contributed by atoms with E-state index in [2.05, 4.69) is 20.8 Å². The molecule has 1 fully saturated rings. The highest BCUT2D eigenvalue weighted by molar-refractivity contribution is 5.56. The van der Waals surface area contributed by atoms with E-state index in [1.807, 2.05) is 18.2 Å². The van der Waals surface area contributed by atoms with Gasteiger partial charge in [-0.05, 0) is 42.7 Å². The van der Waals surface area contributed by atoms with Crippen molar-refractivity contribution in [2.24, 2.45) is 17.8 Å². The molecule has 3 atom stereocenters. The van der Waals surface area contributed by atoms with Crippen LogP contribution in [0.1, 0.15) is 40.0 Å². The predicted octanol–water partition coefficient (Wildman–Crippen LogP) is 4.12. The van der Waals surface area contributed by atoms with E-state index >= 15 is 0 Å². The second-order valence-corrected chi connectivity index (χ2v) is 6.39. The van der Waals surface area contributed by atoms with Gasteiger partial charge in [-0.15, -0.1) is 0 Å². The maximum absolute atomic E-state index is 6.25. The van der Waals surface area contributed by atoms with Crippen LogP contribution in [0, 0.1) is 17.8 Å². The molecule has 3 heteroatoms. The van der Waals surface area contributed by atoms with E-state index in [0.29, 0.717) is 17.5 Å². The third-order valence-electron chi connectivity index (χ3n) is 4.46. The van der Waals surface area contributed by atoms with Gasteiger partial charge in [-0.25, -0.2) is 0 Å². The lowest BCUT2D eigenvalue weighted by molar-refractivity contribution is 0.0465. The lowest BCUT2D eigenvalue weighted by atomic mass is 9.75. The number of hydrogen-bond donors (Lipinski definition) is 1. The first kappa shape index (κ1) is 15.0. The van der Waals surface area contributed by atoms with Gasteiger partial charge in [0, 0.05) is 6.07 Å². The lowest BCUT2D eigenvalue weighted by Gasteiger charge is -2.37. The summed E-state index contributed by atoms with van der Waals surface area (Å²) in [7, 11) is 1.65. The minimum atomic E-state index is 0.273. The monoisotopic (exact) mass is 277 g/mol. The van der Waals surface area contributed by atoms with Crippen LogP contribution < -0.4 is 15.2 Å². The highest BCUT2D eigenvalue weighted by atomic mass is 16.5. The molecule has 0 amide bonds. The second-order valence-electron chi connectivity index (χ2n) is 6.39. The summed E-state index contributed by atoms with van der Waals surface area (Å²) in [6, 6.07) is 5.65. The van der Waals surface area contributed by atoms with E-state index in [9.17, 15) is 0 Å². The third kappa shape index (κ3) is 3.38. The smallest absolute Gasteiger partial charge is 0.142 e. The normalized spacial score (nSPS) is 26.6. The molecule has 0 saturated heterocycles. The number of ether oxygens (including phenoxy) is 2. The van der Waals surface area contributed by atoms with Crippen LogP contribution in [0.25, 0.3) is 0 Å². The Hall–Kier alpha value is -1.38. The van der Waals surface area contributed by atoms with E-state index in [1.54, 1.807) is 7.11 Å². The number of hydrogen-bond acceptors (Lipinski definition) is 3. The van der Waals surface area contributed by atoms with Crippen molar-refractivity contribution in [3.63, 3.8) is 0 Å². The second kappa shape index (κ2) is 6.38. The molecule has 0 aliphatic heterocycles. The van der Waals surface area contributed by atoms with Crippen molar-refractivity contribution in [1.29, 1.82) is 0 Å². The molecule has 112 valence electrons. The largest absolute Gasteiger partial charge is 0.497 e. The van der Waals surface area contributed by atoms with Gasteiger partial charge in [0.2, 0.25) is 0 Å². The maximum Gasteiger partial charge on any atom is 0.142 e. The fourth-order valence-corrected chi connectivity index (χ4v) is 3.17. The van der Waals surface area contributed by atoms with Crippen LogP contribution in [-0.4, -0.2) is 13.2 Å². The minimum Gasteiger partial charge on any atom is -0.497 e. The summed E-state index contributed by atoms with van der Waals surface area (Å²) in [6.07, 6.45) is 3.95. The molecule has 3 nitrogen and oxygen atoms in total. The van der Waals surface area contributed by atoms with E-state index in [-0.39, 0.29) is 6.10 Å². The number of methoxy groups -OCH3 is 1. The van der Waals surface area contributed by atoms with Gasteiger partial charge in [-0.3, -0.25) is 0 Å². The summed E-state index contributed by atoms with van der Waals surface area (Å²) >= 11 is 0. The number of nitrogen functional groups attached to an aromatic ring is 1. The van der Waals surface area contributed by atoms with Crippen LogP contribution in [0.2, 0.25) is 0 Å². The lowest BCUT2D eigenvalue weighted by Crippen LogP contribution is -2.36. The zero-order valence-corrected chi connectivity index (χ0v) is 13.1. The Balaban J connectivity index is 2.13. The summed E-state index contributed by atoms with van der Waals surface area (Å²) in [6.45, 7) is 6.88. The first-order valence-electron chi connectivity index (χ1n) is 7.61. The standard InChI is InChI=1S/C17H27NO2/c1-11(2)14-7-5-12(3)9-17(14)20-16-8-6-13(19-4)10-15(16)18/h6,8,10-12,14,17H,5,7,9,18H2,1-4H3. The van der Waals surface area contributed by atoms with Crippen molar-refractivity contribution in [3.05, 3.63) is 18.2 Å². The van der Waals surface area contributed by atoms with Gasteiger partial charge in [0.25, 0.3) is 0 Å². The average Bonchev–Trinajstić information content (AvgIpc) is 2.40. The number of rotatable bonds is 4. The average molecular weight is 277 g/mol. The van der Waals surface area contributed by atoms with Crippen LogP contribution >= 0.6 is 0 Å². The van der Waals surface area contributed by atoms with Crippen molar-refractivity contribution >= 4 is 5.69 Å². The predicted molar refractivity (Wildman–Crippen MR) is 83.2 cm³/mol. The maximum atomic E-state index is 6.25. The quantitative estimate of drug-likeness (QED) is 0.842. The zero-order valence-electron chi connectivity index (χ0n) is 13.1. The van der Waals surface area contributed by atoms with E-state index in [4.69, 9.17) is 15.2 Å². The molecule has 0 radical (unpaired) electrons. The summed E-state index contributed by atoms with van der Waals surface area (Å²) in [5.41, 5.74) is 6.72. The molecular weight excluding hydrogens is 250 g/mol. The Morgan fingerprint density at radius 3 is 2.60 bits per heavy atom. The van der Waals surface area contributed by atoms with Gasteiger partial charge < -0.3 is 15.2 Å². The van der Waals surface area contributed by atoms with E-state index in [0.717, 1.165) is 23.8 Å². The van der Waals surface area contributed by atoms with Gasteiger partial charge in [0.15, 0.2) is 0 Å². The van der Waals surface area contributed by atoms with Gasteiger partial charge in [-0.2, -0.15) is 0 Å². The Bertz CT molecular complexity index is 445. The molecule has 0 heterocycles. The highest BCUT2D eigenvalue weighted by Crippen LogP contribution is 2.37. The molecule has 1 saturated carbocycles. The number of nitrogens with two attached hydrogens (primary N) is 1. The van der Waals surface area contributed by atoms with Crippen molar-refractivity contribution in [2.45, 2.75) is 46.1 Å². The number of benzene rings is 1. The molecule has 1 aromatic rings. The molecule has 0 aromatic heterocycles. The molecule has 20 heavy (non-hydrogen) atoms. The van der Waals surface area contributed by atoms with Crippen molar-refractivity contribution in [3.8, 4) is 11.5 Å². The fraction of sp³-hybridized carbons (Fsp3) is 0.647. The van der Waals surface area contributed by atoms with E-state index < -0.39 is 0 Å². The summed E-state index contributed by atoms with van der Waals surface area (Å²) in [5, 5.41) is 0. The van der Waals surface area contributed by atoms with Gasteiger partial charge in [0.1, 0.15) is 17.6 Å². The van der Waals surface area contributed by atoms with Crippen LogP contribution in [-0.2, 0) is 0 Å². The Kier molecular flexibility index (Phi) is 4.79. The SMILES string of the molecule is COc1ccc(OC2CC(C)CCC2C(C)C)c(N)c1. The molecule has 1 aliphatic carbocycles. The van der Waals surface area contributed by atoms with Gasteiger partial charge >= 0.3 is 0 Å². The molecule has 1 aromatic carbocycles. The van der Waals surface area contributed by atoms with Crippen LogP contribution in [0.15, 0.2) is 18.2 Å². The van der Waals surface area contributed by atoms with Crippen LogP contribution in [0.5, 0.6) is 11.5 Å². The highest BCUT2D eigenvalue weighted by Gasteiger charge is 2.32. The van der Waals surface area contributed by atoms with E-state index in [1.165, 1.54) is 12.8 Å². The number of anilines is 1. The Labute approximate surface area is 122 Å². The first-order chi connectivity index (χ1) is 9.51. The topological polar surface area (TPSA) is 44.5 Å².